The van der Waals surface area contributed by atoms with Crippen LogP contribution in [0, 0.1) is 0 Å². The third-order valence-corrected chi connectivity index (χ3v) is 4.71. The van der Waals surface area contributed by atoms with E-state index >= 15 is 0 Å². The molecule has 2 aliphatic heterocycles. The Morgan fingerprint density at radius 2 is 1.82 bits per heavy atom. The fraction of sp³-hybridized carbons (Fsp3) is 0.533. The maximum atomic E-state index is 13.2. The van der Waals surface area contributed by atoms with E-state index in [1.807, 2.05) is 0 Å². The molecule has 0 bridgehead atoms. The van der Waals surface area contributed by atoms with Gasteiger partial charge in [-0.3, -0.25) is 4.68 Å². The van der Waals surface area contributed by atoms with Crippen LogP contribution < -0.4 is 10.2 Å². The second-order valence-corrected chi connectivity index (χ2v) is 6.66. The van der Waals surface area contributed by atoms with E-state index in [1.54, 1.807) is 4.68 Å². The summed E-state index contributed by atoms with van der Waals surface area (Å²) < 4.78 is 80.5. The van der Waals surface area contributed by atoms with Gasteiger partial charge in [-0.1, -0.05) is 0 Å². The average Bonchev–Trinajstić information content (AvgIpc) is 2.97. The van der Waals surface area contributed by atoms with Gasteiger partial charge in [0.25, 0.3) is 0 Å². The fourth-order valence-electron chi connectivity index (χ4n) is 3.07. The van der Waals surface area contributed by atoms with Crippen LogP contribution in [0.1, 0.15) is 11.7 Å². The van der Waals surface area contributed by atoms with Crippen molar-refractivity contribution in [3.8, 4) is 11.3 Å². The monoisotopic (exact) mass is 408 g/mol. The molecule has 2 aliphatic rings. The minimum Gasteiger partial charge on any atom is -0.389 e. The topological polar surface area (TPSA) is 79.1 Å². The van der Waals surface area contributed by atoms with E-state index < -0.39 is 42.7 Å². The Labute approximate surface area is 154 Å². The van der Waals surface area contributed by atoms with Crippen LogP contribution in [-0.2, 0) is 6.18 Å². The zero-order valence-corrected chi connectivity index (χ0v) is 14.0. The Balaban J connectivity index is 1.73. The molecular weight excluding hydrogens is 394 g/mol. The number of halogens is 6. The van der Waals surface area contributed by atoms with Gasteiger partial charge in [0.2, 0.25) is 5.95 Å². The first-order chi connectivity index (χ1) is 13.0. The number of nitrogens with zero attached hydrogens (tertiary/aromatic N) is 5. The summed E-state index contributed by atoms with van der Waals surface area (Å²) in [7, 11) is 0. The number of β-amino-alcohol motifs (C(OH)–C–C–N with tert-alkyl or cyclic N) is 1. The highest BCUT2D eigenvalue weighted by Crippen LogP contribution is 2.38. The number of aliphatic hydroxyl groups excluding tert-OH is 1. The molecule has 2 saturated heterocycles. The summed E-state index contributed by atoms with van der Waals surface area (Å²) >= 11 is 0. The number of aliphatic hydroxyl groups is 1. The zero-order valence-electron chi connectivity index (χ0n) is 14.0. The Hall–Kier alpha value is -2.41. The minimum absolute atomic E-state index is 0.0530. The fourth-order valence-corrected chi connectivity index (χ4v) is 3.07. The molecule has 152 valence electrons. The van der Waals surface area contributed by atoms with Gasteiger partial charge >= 0.3 is 12.4 Å². The van der Waals surface area contributed by atoms with E-state index in [-0.39, 0.29) is 17.3 Å². The first-order valence-electron chi connectivity index (χ1n) is 8.27. The van der Waals surface area contributed by atoms with Gasteiger partial charge in [0.05, 0.1) is 17.9 Å². The van der Waals surface area contributed by atoms with Crippen LogP contribution in [0.4, 0.5) is 32.3 Å². The lowest BCUT2D eigenvalue weighted by Crippen LogP contribution is -2.67. The quantitative estimate of drug-likeness (QED) is 0.752. The second kappa shape index (κ2) is 6.30. The van der Waals surface area contributed by atoms with Gasteiger partial charge in [-0.05, 0) is 6.07 Å². The average molecular weight is 408 g/mol. The van der Waals surface area contributed by atoms with Crippen LogP contribution in [0.25, 0.3) is 11.3 Å². The van der Waals surface area contributed by atoms with Crippen molar-refractivity contribution in [3.05, 3.63) is 24.2 Å². The number of anilines is 1. The smallest absolute Gasteiger partial charge is 0.389 e. The minimum atomic E-state index is -4.88. The summed E-state index contributed by atoms with van der Waals surface area (Å²) in [5.74, 6) is -0.740. The highest BCUT2D eigenvalue weighted by molar-refractivity contribution is 5.60. The van der Waals surface area contributed by atoms with Crippen molar-refractivity contribution in [1.82, 2.24) is 25.1 Å². The normalized spacial score (nSPS) is 23.5. The number of aromatic nitrogens is 4. The third-order valence-electron chi connectivity index (χ3n) is 4.71. The second-order valence-electron chi connectivity index (χ2n) is 6.66. The molecule has 2 N–H and O–H groups in total. The van der Waals surface area contributed by atoms with Crippen LogP contribution in [0.2, 0.25) is 0 Å². The maximum absolute atomic E-state index is 13.2. The van der Waals surface area contributed by atoms with Gasteiger partial charge in [0, 0.05) is 31.4 Å². The molecule has 0 saturated carbocycles. The van der Waals surface area contributed by atoms with Crippen molar-refractivity contribution < 1.29 is 31.4 Å². The number of rotatable bonds is 3. The molecule has 0 aliphatic carbocycles. The lowest BCUT2D eigenvalue weighted by molar-refractivity contribution is -0.186. The van der Waals surface area contributed by atoms with Crippen LogP contribution in [0.15, 0.2) is 18.5 Å². The molecule has 2 aromatic rings. The van der Waals surface area contributed by atoms with E-state index in [2.05, 4.69) is 20.4 Å². The van der Waals surface area contributed by atoms with Gasteiger partial charge in [0.15, 0.2) is 11.7 Å². The Morgan fingerprint density at radius 3 is 2.36 bits per heavy atom. The van der Waals surface area contributed by atoms with Crippen molar-refractivity contribution in [2.24, 2.45) is 0 Å². The lowest BCUT2D eigenvalue weighted by atomic mass is 9.99. The molecule has 7 nitrogen and oxygen atoms in total. The first-order valence-corrected chi connectivity index (χ1v) is 8.27. The molecule has 4 rings (SSSR count). The van der Waals surface area contributed by atoms with Crippen LogP contribution in [-0.4, -0.2) is 62.8 Å². The summed E-state index contributed by atoms with van der Waals surface area (Å²) in [6.45, 7) is 0.795. The number of hydrogen-bond donors (Lipinski definition) is 2. The highest BCUT2D eigenvalue weighted by atomic mass is 19.4. The Kier molecular flexibility index (Phi) is 4.26. The van der Waals surface area contributed by atoms with Crippen molar-refractivity contribution in [2.45, 2.75) is 30.5 Å². The van der Waals surface area contributed by atoms with Crippen molar-refractivity contribution in [3.63, 3.8) is 0 Å². The molecule has 4 heterocycles. The molecule has 28 heavy (non-hydrogen) atoms. The molecule has 2 fully saturated rings. The Bertz CT molecular complexity index is 877. The van der Waals surface area contributed by atoms with Crippen molar-refractivity contribution >= 4 is 5.95 Å². The van der Waals surface area contributed by atoms with Crippen LogP contribution in [0.5, 0.6) is 0 Å². The molecule has 13 heteroatoms. The number of alkyl halides is 6. The molecule has 0 spiro atoms. The predicted octanol–water partition coefficient (Wildman–Crippen LogP) is 1.61. The standard InChI is InChI=1S/C15H14F6N6O/c16-14(17,18)11-1-9(7-2-23-27(5-7)8-3-22-4-8)24-13(25-11)26-6-10(28)12(26)15(19,20)21/h1-2,5,8,10,12,22,28H,3-4,6H2. The van der Waals surface area contributed by atoms with Crippen molar-refractivity contribution in [2.75, 3.05) is 24.5 Å². The van der Waals surface area contributed by atoms with Crippen molar-refractivity contribution in [1.29, 1.82) is 0 Å². The van der Waals surface area contributed by atoms with E-state index in [1.165, 1.54) is 12.4 Å². The molecule has 0 radical (unpaired) electrons. The van der Waals surface area contributed by atoms with E-state index in [0.29, 0.717) is 24.1 Å². The first kappa shape index (κ1) is 18.9. The van der Waals surface area contributed by atoms with Gasteiger partial charge in [0.1, 0.15) is 6.10 Å². The summed E-state index contributed by atoms with van der Waals surface area (Å²) in [4.78, 5) is 7.67. The van der Waals surface area contributed by atoms with E-state index in [0.717, 1.165) is 0 Å². The molecule has 0 aromatic carbocycles. The predicted molar refractivity (Wildman–Crippen MR) is 83.4 cm³/mol. The lowest BCUT2D eigenvalue weighted by Gasteiger charge is -2.45. The molecule has 2 aromatic heterocycles. The molecule has 2 unspecified atom stereocenters. The van der Waals surface area contributed by atoms with Gasteiger partial charge in [-0.2, -0.15) is 31.4 Å². The van der Waals surface area contributed by atoms with E-state index in [9.17, 15) is 31.4 Å². The van der Waals surface area contributed by atoms with Gasteiger partial charge in [-0.25, -0.2) is 9.97 Å². The zero-order chi connectivity index (χ0) is 20.3. The largest absolute Gasteiger partial charge is 0.433 e. The summed E-state index contributed by atoms with van der Waals surface area (Å²) in [5.41, 5.74) is -1.34. The molecular formula is C15H14F6N6O. The van der Waals surface area contributed by atoms with Crippen LogP contribution >= 0.6 is 0 Å². The van der Waals surface area contributed by atoms with Crippen LogP contribution in [0.3, 0.4) is 0 Å². The molecule has 2 atom stereocenters. The number of hydrogen-bond acceptors (Lipinski definition) is 6. The Morgan fingerprint density at radius 1 is 1.11 bits per heavy atom. The summed E-state index contributed by atoms with van der Waals surface area (Å²) in [6.07, 6.45) is -8.68. The van der Waals surface area contributed by atoms with Gasteiger partial charge in [-0.15, -0.1) is 0 Å². The third kappa shape index (κ3) is 3.28. The number of nitrogens with one attached hydrogen (secondary N) is 1. The maximum Gasteiger partial charge on any atom is 0.433 e. The highest BCUT2D eigenvalue weighted by Gasteiger charge is 2.56. The molecule has 0 amide bonds. The summed E-state index contributed by atoms with van der Waals surface area (Å²) in [5, 5.41) is 16.5. The van der Waals surface area contributed by atoms with Gasteiger partial charge < -0.3 is 15.3 Å². The summed E-state index contributed by atoms with van der Waals surface area (Å²) in [6, 6.07) is -1.63. The van der Waals surface area contributed by atoms with E-state index in [4.69, 9.17) is 0 Å². The SMILES string of the molecule is OC1CN(c2nc(-c3cnn(C4CNC4)c3)cc(C(F)(F)F)n2)C1C(F)(F)F.